The topological polar surface area (TPSA) is 65.2 Å². The smallest absolute Gasteiger partial charge is 0.360 e. The Hall–Kier alpha value is -1.69. The molecule has 0 amide bonds. The van der Waals surface area contributed by atoms with E-state index in [1.54, 1.807) is 18.3 Å². The second-order valence-corrected chi connectivity index (χ2v) is 5.91. The number of nitrogens with zero attached hydrogens (tertiary/aromatic N) is 2. The van der Waals surface area contributed by atoms with Gasteiger partial charge in [-0.2, -0.15) is 0 Å². The van der Waals surface area contributed by atoms with Crippen LogP contribution in [0.3, 0.4) is 0 Å². The standard InChI is InChI=1S/C14H18N2O3S/c1-7(2)8(3)13-15-10(6-20-13)12-16-11(9(4)19-12)14(17)18-5/h6-8H,1-5H3/t8-/m0/s1. The monoisotopic (exact) mass is 294 g/mol. The highest BCUT2D eigenvalue weighted by Gasteiger charge is 2.21. The summed E-state index contributed by atoms with van der Waals surface area (Å²) in [6.45, 7) is 8.16. The van der Waals surface area contributed by atoms with Gasteiger partial charge in [0.1, 0.15) is 11.5 Å². The Morgan fingerprint density at radius 1 is 1.35 bits per heavy atom. The summed E-state index contributed by atoms with van der Waals surface area (Å²) in [6, 6.07) is 0. The SMILES string of the molecule is COC(=O)c1nc(-c2csc([C@@H](C)C(C)C)n2)oc1C. The lowest BCUT2D eigenvalue weighted by molar-refractivity contribution is 0.0593. The van der Waals surface area contributed by atoms with Gasteiger partial charge in [-0.1, -0.05) is 20.8 Å². The van der Waals surface area contributed by atoms with Crippen LogP contribution in [0.2, 0.25) is 0 Å². The molecule has 20 heavy (non-hydrogen) atoms. The van der Waals surface area contributed by atoms with Crippen molar-refractivity contribution in [3.05, 3.63) is 21.8 Å². The van der Waals surface area contributed by atoms with Crippen LogP contribution in [-0.4, -0.2) is 23.0 Å². The fourth-order valence-corrected chi connectivity index (χ4v) is 2.70. The molecule has 0 unspecified atom stereocenters. The van der Waals surface area contributed by atoms with E-state index in [4.69, 9.17) is 4.42 Å². The second kappa shape index (κ2) is 5.75. The second-order valence-electron chi connectivity index (χ2n) is 5.02. The Balaban J connectivity index is 2.31. The van der Waals surface area contributed by atoms with Crippen molar-refractivity contribution in [3.8, 4) is 11.6 Å². The quantitative estimate of drug-likeness (QED) is 0.805. The summed E-state index contributed by atoms with van der Waals surface area (Å²) < 4.78 is 10.2. The minimum absolute atomic E-state index is 0.203. The van der Waals surface area contributed by atoms with Gasteiger partial charge >= 0.3 is 5.97 Å². The van der Waals surface area contributed by atoms with E-state index in [0.717, 1.165) is 5.01 Å². The van der Waals surface area contributed by atoms with E-state index >= 15 is 0 Å². The molecule has 2 rings (SSSR count). The van der Waals surface area contributed by atoms with Gasteiger partial charge in [-0.25, -0.2) is 14.8 Å². The highest BCUT2D eigenvalue weighted by molar-refractivity contribution is 7.10. The number of oxazole rings is 1. The Morgan fingerprint density at radius 2 is 2.05 bits per heavy atom. The summed E-state index contributed by atoms with van der Waals surface area (Å²) in [5.74, 6) is 1.21. The average Bonchev–Trinajstić information content (AvgIpc) is 3.03. The predicted octanol–water partition coefficient (Wildman–Crippen LogP) is 3.65. The van der Waals surface area contributed by atoms with Crippen LogP contribution in [0.1, 0.15) is 47.9 Å². The lowest BCUT2D eigenvalue weighted by atomic mass is 9.99. The fourth-order valence-electron chi connectivity index (χ4n) is 1.67. The molecule has 1 atom stereocenters. The number of thiazole rings is 1. The molecule has 0 saturated carbocycles. The van der Waals surface area contributed by atoms with E-state index in [-0.39, 0.29) is 5.69 Å². The number of methoxy groups -OCH3 is 1. The number of aryl methyl sites for hydroxylation is 1. The number of ether oxygens (including phenoxy) is 1. The molecule has 0 bridgehead atoms. The Labute approximate surface area is 122 Å². The largest absolute Gasteiger partial charge is 0.464 e. The van der Waals surface area contributed by atoms with Crippen molar-refractivity contribution in [2.24, 2.45) is 5.92 Å². The van der Waals surface area contributed by atoms with Gasteiger partial charge in [0.25, 0.3) is 0 Å². The Morgan fingerprint density at radius 3 is 2.65 bits per heavy atom. The van der Waals surface area contributed by atoms with E-state index in [0.29, 0.717) is 29.2 Å². The van der Waals surface area contributed by atoms with E-state index in [1.165, 1.54) is 7.11 Å². The number of aromatic nitrogens is 2. The molecule has 108 valence electrons. The van der Waals surface area contributed by atoms with Crippen molar-refractivity contribution in [3.63, 3.8) is 0 Å². The van der Waals surface area contributed by atoms with E-state index in [2.05, 4.69) is 35.5 Å². The van der Waals surface area contributed by atoms with Gasteiger partial charge in [-0.05, 0) is 12.8 Å². The van der Waals surface area contributed by atoms with E-state index in [1.807, 2.05) is 5.38 Å². The molecule has 2 heterocycles. The summed E-state index contributed by atoms with van der Waals surface area (Å²) in [5, 5.41) is 2.95. The lowest BCUT2D eigenvalue weighted by Crippen LogP contribution is -2.03. The maximum atomic E-state index is 11.5. The molecule has 5 nitrogen and oxygen atoms in total. The van der Waals surface area contributed by atoms with Crippen LogP contribution >= 0.6 is 11.3 Å². The first kappa shape index (κ1) is 14.7. The molecule has 0 saturated heterocycles. The zero-order chi connectivity index (χ0) is 14.9. The van der Waals surface area contributed by atoms with Gasteiger partial charge < -0.3 is 9.15 Å². The normalized spacial score (nSPS) is 12.7. The number of hydrogen-bond acceptors (Lipinski definition) is 6. The third kappa shape index (κ3) is 2.75. The molecule has 0 aromatic carbocycles. The third-order valence-electron chi connectivity index (χ3n) is 3.31. The minimum Gasteiger partial charge on any atom is -0.464 e. The van der Waals surface area contributed by atoms with Gasteiger partial charge in [0, 0.05) is 11.3 Å². The van der Waals surface area contributed by atoms with Crippen molar-refractivity contribution >= 4 is 17.3 Å². The number of carbonyl (C=O) groups is 1. The van der Waals surface area contributed by atoms with Crippen LogP contribution in [-0.2, 0) is 4.74 Å². The summed E-state index contributed by atoms with van der Waals surface area (Å²) in [7, 11) is 1.32. The van der Waals surface area contributed by atoms with Gasteiger partial charge in [-0.15, -0.1) is 11.3 Å². The first-order valence-electron chi connectivity index (χ1n) is 6.45. The summed E-state index contributed by atoms with van der Waals surface area (Å²) >= 11 is 1.58. The van der Waals surface area contributed by atoms with Gasteiger partial charge in [0.05, 0.1) is 12.1 Å². The molecular weight excluding hydrogens is 276 g/mol. The number of carbonyl (C=O) groups excluding carboxylic acids is 1. The van der Waals surface area contributed by atoms with Gasteiger partial charge in [0.15, 0.2) is 5.69 Å². The molecule has 0 radical (unpaired) electrons. The van der Waals surface area contributed by atoms with Crippen LogP contribution in [0.5, 0.6) is 0 Å². The van der Waals surface area contributed by atoms with Crippen LogP contribution < -0.4 is 0 Å². The third-order valence-corrected chi connectivity index (χ3v) is 4.35. The Bertz CT molecular complexity index is 616. The average molecular weight is 294 g/mol. The molecular formula is C14H18N2O3S. The predicted molar refractivity (Wildman–Crippen MR) is 76.9 cm³/mol. The van der Waals surface area contributed by atoms with Crippen molar-refractivity contribution in [1.82, 2.24) is 9.97 Å². The molecule has 2 aromatic heterocycles. The zero-order valence-corrected chi connectivity index (χ0v) is 13.1. The number of esters is 1. The molecule has 6 heteroatoms. The first-order chi connectivity index (χ1) is 9.43. The lowest BCUT2D eigenvalue weighted by Gasteiger charge is -2.11. The van der Waals surface area contributed by atoms with E-state index < -0.39 is 5.97 Å². The Kier molecular flexibility index (Phi) is 4.23. The summed E-state index contributed by atoms with van der Waals surface area (Å²) in [5.41, 5.74) is 0.865. The fraction of sp³-hybridized carbons (Fsp3) is 0.500. The molecule has 0 fully saturated rings. The van der Waals surface area contributed by atoms with Gasteiger partial charge in [0.2, 0.25) is 5.89 Å². The summed E-state index contributed by atoms with van der Waals surface area (Å²) in [6.07, 6.45) is 0. The highest BCUT2D eigenvalue weighted by atomic mass is 32.1. The number of rotatable bonds is 4. The number of hydrogen-bond donors (Lipinski definition) is 0. The molecule has 0 aliphatic carbocycles. The van der Waals surface area contributed by atoms with Crippen molar-refractivity contribution in [1.29, 1.82) is 0 Å². The molecule has 2 aromatic rings. The van der Waals surface area contributed by atoms with Crippen LogP contribution in [0.4, 0.5) is 0 Å². The van der Waals surface area contributed by atoms with Crippen molar-refractivity contribution in [2.75, 3.05) is 7.11 Å². The maximum absolute atomic E-state index is 11.5. The molecule has 0 N–H and O–H groups in total. The molecule has 0 aliphatic rings. The van der Waals surface area contributed by atoms with Crippen LogP contribution in [0.25, 0.3) is 11.6 Å². The van der Waals surface area contributed by atoms with Crippen molar-refractivity contribution < 1.29 is 13.9 Å². The molecule has 0 aliphatic heterocycles. The minimum atomic E-state index is -0.497. The van der Waals surface area contributed by atoms with Crippen LogP contribution in [0, 0.1) is 12.8 Å². The highest BCUT2D eigenvalue weighted by Crippen LogP contribution is 2.30. The van der Waals surface area contributed by atoms with Crippen molar-refractivity contribution in [2.45, 2.75) is 33.6 Å². The van der Waals surface area contributed by atoms with Crippen LogP contribution in [0.15, 0.2) is 9.80 Å². The zero-order valence-electron chi connectivity index (χ0n) is 12.3. The molecule has 0 spiro atoms. The van der Waals surface area contributed by atoms with Gasteiger partial charge in [-0.3, -0.25) is 0 Å². The van der Waals surface area contributed by atoms with E-state index in [9.17, 15) is 4.79 Å². The summed E-state index contributed by atoms with van der Waals surface area (Å²) in [4.78, 5) is 20.2. The maximum Gasteiger partial charge on any atom is 0.360 e. The first-order valence-corrected chi connectivity index (χ1v) is 7.33.